The minimum Gasteiger partial charge on any atom is -0.507 e. The van der Waals surface area contributed by atoms with Gasteiger partial charge >= 0.3 is 0 Å². The smallest absolute Gasteiger partial charge is 0.274 e. The number of amides is 1. The normalized spacial score (nSPS) is 11.7. The maximum atomic E-state index is 12.3. The van der Waals surface area contributed by atoms with Crippen molar-refractivity contribution in [1.82, 2.24) is 9.97 Å². The molecule has 8 nitrogen and oxygen atoms in total. The number of aromatic amines is 1. The number of hydrogen-bond donors (Lipinski definition) is 5. The highest BCUT2D eigenvalue weighted by Crippen LogP contribution is 2.25. The number of H-pyrrole nitrogens is 1. The molecule has 0 spiro atoms. The molecular weight excluding hydrogens is 422 g/mol. The summed E-state index contributed by atoms with van der Waals surface area (Å²) in [6, 6.07) is 17.8. The summed E-state index contributed by atoms with van der Waals surface area (Å²) in [5, 5.41) is 32.1. The van der Waals surface area contributed by atoms with E-state index in [9.17, 15) is 24.9 Å². The van der Waals surface area contributed by atoms with Crippen LogP contribution in [-0.4, -0.2) is 31.2 Å². The number of phenolic OH excluding ortho intramolecular Hbond substituents is 2. The van der Waals surface area contributed by atoms with Crippen molar-refractivity contribution in [2.75, 3.05) is 5.32 Å². The van der Waals surface area contributed by atoms with Gasteiger partial charge < -0.3 is 25.6 Å². The van der Waals surface area contributed by atoms with Gasteiger partial charge in [0.25, 0.3) is 5.56 Å². The van der Waals surface area contributed by atoms with E-state index in [0.717, 1.165) is 0 Å². The largest absolute Gasteiger partial charge is 0.507 e. The van der Waals surface area contributed by atoms with Crippen LogP contribution in [0.3, 0.4) is 0 Å². The van der Waals surface area contributed by atoms with Gasteiger partial charge in [-0.05, 0) is 48.0 Å². The van der Waals surface area contributed by atoms with Crippen molar-refractivity contribution < 1.29 is 20.1 Å². The number of nitrogens with one attached hydrogen (secondary N) is 2. The third-order valence-corrected chi connectivity index (χ3v) is 4.75. The van der Waals surface area contributed by atoms with Crippen molar-refractivity contribution >= 4 is 40.5 Å². The zero-order valence-corrected chi connectivity index (χ0v) is 17.2. The Kier molecular flexibility index (Phi) is 5.90. The van der Waals surface area contributed by atoms with Crippen LogP contribution in [0.1, 0.15) is 16.8 Å². The second-order valence-electron chi connectivity index (χ2n) is 7.15. The van der Waals surface area contributed by atoms with Crippen LogP contribution in [0, 0.1) is 0 Å². The van der Waals surface area contributed by atoms with Crippen LogP contribution in [0.2, 0.25) is 0 Å². The molecule has 4 aromatic rings. The molecule has 164 valence electrons. The van der Waals surface area contributed by atoms with Gasteiger partial charge in [-0.2, -0.15) is 0 Å². The molecule has 3 aromatic carbocycles. The Morgan fingerprint density at radius 2 is 1.79 bits per heavy atom. The number of benzene rings is 3. The number of aliphatic hydroxyl groups excluding tert-OH is 1. The van der Waals surface area contributed by atoms with E-state index in [1.165, 1.54) is 30.4 Å². The molecule has 33 heavy (non-hydrogen) atoms. The zero-order valence-electron chi connectivity index (χ0n) is 17.2. The maximum absolute atomic E-state index is 12.3. The molecule has 1 heterocycles. The molecule has 0 aliphatic heterocycles. The van der Waals surface area contributed by atoms with Gasteiger partial charge in [-0.3, -0.25) is 9.59 Å². The Labute approximate surface area is 187 Å². The Morgan fingerprint density at radius 1 is 0.970 bits per heavy atom. The molecule has 1 aromatic heterocycles. The highest BCUT2D eigenvalue weighted by Gasteiger charge is 2.07. The van der Waals surface area contributed by atoms with Crippen LogP contribution < -0.4 is 10.9 Å². The van der Waals surface area contributed by atoms with E-state index in [4.69, 9.17) is 0 Å². The number of anilines is 1. The molecule has 0 radical (unpaired) electrons. The van der Waals surface area contributed by atoms with Crippen LogP contribution in [0.15, 0.2) is 77.6 Å². The van der Waals surface area contributed by atoms with Gasteiger partial charge in [0.15, 0.2) is 11.5 Å². The summed E-state index contributed by atoms with van der Waals surface area (Å²) in [5.41, 5.74) is 2.15. The Balaban J connectivity index is 1.52. The lowest BCUT2D eigenvalue weighted by atomic mass is 10.1. The predicted molar refractivity (Wildman–Crippen MR) is 127 cm³/mol. The lowest BCUT2D eigenvalue weighted by Crippen LogP contribution is -2.12. The number of para-hydroxylation sites is 2. The molecule has 8 heteroatoms. The standard InChI is InChI=1S/C25H19N3O5/c29-21-10-8-15(12-23(21)31)9-11-24(32)26-17-5-3-4-16(13-17)22(30)14-20-25(33)28-19-7-2-1-6-18(19)27-20/h1-14,29-31H,(H,26,32)(H,28,33)/b11-9+,22-14-. The lowest BCUT2D eigenvalue weighted by Gasteiger charge is -2.06. The lowest BCUT2D eigenvalue weighted by molar-refractivity contribution is -0.111. The fraction of sp³-hybridized carbons (Fsp3) is 0. The summed E-state index contributed by atoms with van der Waals surface area (Å²) in [6.07, 6.45) is 4.02. The molecule has 0 fully saturated rings. The SMILES string of the molecule is O=C(/C=C/c1ccc(O)c(O)c1)Nc1cccc(/C(O)=C/c2nc3ccccc3[nH]c2=O)c1. The minimum atomic E-state index is -0.435. The van der Waals surface area contributed by atoms with Crippen molar-refractivity contribution in [3.05, 3.63) is 100.0 Å². The fourth-order valence-corrected chi connectivity index (χ4v) is 3.11. The van der Waals surface area contributed by atoms with Crippen molar-refractivity contribution in [3.63, 3.8) is 0 Å². The van der Waals surface area contributed by atoms with Crippen LogP contribution in [0.5, 0.6) is 11.5 Å². The van der Waals surface area contributed by atoms with E-state index in [-0.39, 0.29) is 23.0 Å². The molecule has 0 aliphatic rings. The third kappa shape index (κ3) is 5.08. The van der Waals surface area contributed by atoms with Crippen LogP contribution in [0.4, 0.5) is 5.69 Å². The van der Waals surface area contributed by atoms with Gasteiger partial charge in [-0.1, -0.05) is 30.3 Å². The number of carbonyl (C=O) groups is 1. The summed E-state index contributed by atoms with van der Waals surface area (Å²) in [5.74, 6) is -1.15. The minimum absolute atomic E-state index is 0.0562. The second kappa shape index (κ2) is 9.11. The van der Waals surface area contributed by atoms with Gasteiger partial charge in [0.1, 0.15) is 11.5 Å². The monoisotopic (exact) mass is 441 g/mol. The molecule has 0 bridgehead atoms. The zero-order chi connectivity index (χ0) is 23.4. The number of carbonyl (C=O) groups excluding carboxylic acids is 1. The Bertz CT molecular complexity index is 1470. The molecule has 0 saturated heterocycles. The molecule has 1 amide bonds. The highest BCUT2D eigenvalue weighted by atomic mass is 16.3. The number of fused-ring (bicyclic) bond motifs is 1. The van der Waals surface area contributed by atoms with E-state index >= 15 is 0 Å². The van der Waals surface area contributed by atoms with Gasteiger partial charge in [0.05, 0.1) is 11.0 Å². The first-order valence-corrected chi connectivity index (χ1v) is 9.90. The van der Waals surface area contributed by atoms with E-state index in [2.05, 4.69) is 15.3 Å². The number of aromatic hydroxyl groups is 2. The molecule has 5 N–H and O–H groups in total. The molecule has 0 aliphatic carbocycles. The average molecular weight is 441 g/mol. The first-order valence-electron chi connectivity index (χ1n) is 9.90. The Morgan fingerprint density at radius 3 is 2.61 bits per heavy atom. The molecule has 4 rings (SSSR count). The number of aromatic nitrogens is 2. The molecule has 0 saturated carbocycles. The topological polar surface area (TPSA) is 136 Å². The second-order valence-corrected chi connectivity index (χ2v) is 7.15. The average Bonchev–Trinajstić information content (AvgIpc) is 2.80. The summed E-state index contributed by atoms with van der Waals surface area (Å²) < 4.78 is 0. The summed E-state index contributed by atoms with van der Waals surface area (Å²) >= 11 is 0. The maximum Gasteiger partial charge on any atom is 0.274 e. The molecule has 0 atom stereocenters. The summed E-state index contributed by atoms with van der Waals surface area (Å²) in [6.45, 7) is 0. The highest BCUT2D eigenvalue weighted by molar-refractivity contribution is 6.02. The summed E-state index contributed by atoms with van der Waals surface area (Å²) in [4.78, 5) is 31.5. The van der Waals surface area contributed by atoms with E-state index in [1.54, 1.807) is 54.6 Å². The summed E-state index contributed by atoms with van der Waals surface area (Å²) in [7, 11) is 0. The third-order valence-electron chi connectivity index (χ3n) is 4.75. The van der Waals surface area contributed by atoms with E-state index in [1.807, 2.05) is 0 Å². The van der Waals surface area contributed by atoms with Gasteiger partial charge in [0, 0.05) is 23.4 Å². The van der Waals surface area contributed by atoms with Crippen molar-refractivity contribution in [1.29, 1.82) is 0 Å². The number of aliphatic hydroxyl groups is 1. The Hall–Kier alpha value is -4.85. The molecular formula is C25H19N3O5. The van der Waals surface area contributed by atoms with Crippen molar-refractivity contribution in [3.8, 4) is 11.5 Å². The van der Waals surface area contributed by atoms with Gasteiger partial charge in [0.2, 0.25) is 5.91 Å². The van der Waals surface area contributed by atoms with Gasteiger partial charge in [-0.15, -0.1) is 0 Å². The predicted octanol–water partition coefficient (Wildman–Crippen LogP) is 4.04. The first-order chi connectivity index (χ1) is 15.9. The van der Waals surface area contributed by atoms with Crippen molar-refractivity contribution in [2.45, 2.75) is 0 Å². The van der Waals surface area contributed by atoms with Crippen molar-refractivity contribution in [2.24, 2.45) is 0 Å². The van der Waals surface area contributed by atoms with E-state index in [0.29, 0.717) is 27.8 Å². The fourth-order valence-electron chi connectivity index (χ4n) is 3.11. The van der Waals surface area contributed by atoms with Crippen LogP contribution >= 0.6 is 0 Å². The first kappa shape index (κ1) is 21.4. The number of nitrogens with zero attached hydrogens (tertiary/aromatic N) is 1. The van der Waals surface area contributed by atoms with Crippen LogP contribution in [-0.2, 0) is 4.79 Å². The van der Waals surface area contributed by atoms with Crippen LogP contribution in [0.25, 0.3) is 28.9 Å². The number of phenols is 2. The van der Waals surface area contributed by atoms with E-state index < -0.39 is 11.5 Å². The quantitative estimate of drug-likeness (QED) is 0.180. The molecule has 0 unspecified atom stereocenters. The van der Waals surface area contributed by atoms with Gasteiger partial charge in [-0.25, -0.2) is 4.98 Å². The number of hydrogen-bond acceptors (Lipinski definition) is 6. The number of rotatable bonds is 5.